The van der Waals surface area contributed by atoms with Crippen LogP contribution >= 0.6 is 0 Å². The van der Waals surface area contributed by atoms with Crippen LogP contribution in [0.4, 0.5) is 0 Å². The van der Waals surface area contributed by atoms with Gasteiger partial charge in [0.1, 0.15) is 0 Å². The Morgan fingerprint density at radius 1 is 0.607 bits per heavy atom. The molecule has 0 bridgehead atoms. The van der Waals surface area contributed by atoms with Crippen LogP contribution in [0.25, 0.3) is 0 Å². The first-order valence-corrected chi connectivity index (χ1v) is 12.8. The molecule has 0 N–H and O–H groups in total. The second-order valence-electron chi connectivity index (χ2n) is 9.16. The zero-order chi connectivity index (χ0) is 20.7. The minimum atomic E-state index is 0.0166. The zero-order valence-corrected chi connectivity index (χ0v) is 19.7. The highest BCUT2D eigenvalue weighted by Crippen LogP contribution is 2.13. The van der Waals surface area contributed by atoms with Gasteiger partial charge in [-0.3, -0.25) is 4.79 Å². The summed E-state index contributed by atoms with van der Waals surface area (Å²) in [4.78, 5) is 11.7. The van der Waals surface area contributed by atoms with Crippen molar-refractivity contribution in [3.8, 4) is 0 Å². The van der Waals surface area contributed by atoms with E-state index in [-0.39, 0.29) is 5.97 Å². The molecule has 2 heteroatoms. The second kappa shape index (κ2) is 22.8. The molecule has 0 saturated carbocycles. The van der Waals surface area contributed by atoms with Gasteiger partial charge in [0, 0.05) is 6.42 Å². The first-order chi connectivity index (χ1) is 13.7. The van der Waals surface area contributed by atoms with E-state index in [0.29, 0.717) is 13.0 Å². The average Bonchev–Trinajstić information content (AvgIpc) is 2.67. The number of carbonyl (C=O) groups excluding carboxylic acids is 1. The van der Waals surface area contributed by atoms with E-state index in [4.69, 9.17) is 4.74 Å². The first kappa shape index (κ1) is 27.5. The van der Waals surface area contributed by atoms with Gasteiger partial charge in [0.2, 0.25) is 0 Å². The summed E-state index contributed by atoms with van der Waals surface area (Å²) in [5.41, 5.74) is 0. The molecule has 0 radical (unpaired) electrons. The summed E-state index contributed by atoms with van der Waals surface area (Å²) in [5, 5.41) is 0. The Labute approximate surface area is 177 Å². The Hall–Kier alpha value is -0.530. The van der Waals surface area contributed by atoms with Gasteiger partial charge < -0.3 is 4.74 Å². The SMILES string of the molecule is CCCCCCCCCCCCCCOC(=O)CCCCCCCCC(C)C. The molecule has 0 heterocycles. The highest BCUT2D eigenvalue weighted by Gasteiger charge is 2.02. The molecule has 0 aromatic carbocycles. The van der Waals surface area contributed by atoms with Gasteiger partial charge in [-0.2, -0.15) is 0 Å². The van der Waals surface area contributed by atoms with Crippen molar-refractivity contribution in [3.63, 3.8) is 0 Å². The molecule has 0 aliphatic carbocycles. The van der Waals surface area contributed by atoms with E-state index in [1.807, 2.05) is 0 Å². The summed E-state index contributed by atoms with van der Waals surface area (Å²) < 4.78 is 5.37. The van der Waals surface area contributed by atoms with Crippen LogP contribution in [0.1, 0.15) is 149 Å². The Morgan fingerprint density at radius 2 is 1.04 bits per heavy atom. The summed E-state index contributed by atoms with van der Waals surface area (Å²) in [6.45, 7) is 7.50. The molecule has 28 heavy (non-hydrogen) atoms. The van der Waals surface area contributed by atoms with E-state index in [9.17, 15) is 4.79 Å². The maximum atomic E-state index is 11.7. The molecular weight excluding hydrogens is 344 g/mol. The maximum Gasteiger partial charge on any atom is 0.305 e. The lowest BCUT2D eigenvalue weighted by atomic mass is 10.0. The van der Waals surface area contributed by atoms with Gasteiger partial charge in [-0.05, 0) is 18.8 Å². The number of esters is 1. The smallest absolute Gasteiger partial charge is 0.305 e. The van der Waals surface area contributed by atoms with E-state index < -0.39 is 0 Å². The van der Waals surface area contributed by atoms with Gasteiger partial charge in [0.15, 0.2) is 0 Å². The molecule has 168 valence electrons. The summed E-state index contributed by atoms with van der Waals surface area (Å²) in [6.07, 6.45) is 25.6. The van der Waals surface area contributed by atoms with E-state index in [2.05, 4.69) is 20.8 Å². The predicted octanol–water partition coefficient (Wildman–Crippen LogP) is 9.01. The van der Waals surface area contributed by atoms with E-state index >= 15 is 0 Å². The van der Waals surface area contributed by atoms with Crippen LogP contribution in [0.15, 0.2) is 0 Å². The number of ether oxygens (including phenoxy) is 1. The highest BCUT2D eigenvalue weighted by molar-refractivity contribution is 5.69. The van der Waals surface area contributed by atoms with Crippen LogP contribution in [-0.2, 0) is 9.53 Å². The molecule has 0 saturated heterocycles. The summed E-state index contributed by atoms with van der Waals surface area (Å²) >= 11 is 0. The van der Waals surface area contributed by atoms with Crippen LogP contribution in [0.3, 0.4) is 0 Å². The molecular formula is C26H52O2. The molecule has 0 fully saturated rings. The van der Waals surface area contributed by atoms with Gasteiger partial charge in [-0.25, -0.2) is 0 Å². The molecule has 0 amide bonds. The van der Waals surface area contributed by atoms with Crippen molar-refractivity contribution >= 4 is 5.97 Å². The fourth-order valence-electron chi connectivity index (χ4n) is 3.73. The Balaban J connectivity index is 3.15. The van der Waals surface area contributed by atoms with Crippen molar-refractivity contribution in [3.05, 3.63) is 0 Å². The number of rotatable bonds is 22. The predicted molar refractivity (Wildman–Crippen MR) is 124 cm³/mol. The zero-order valence-electron chi connectivity index (χ0n) is 19.7. The van der Waals surface area contributed by atoms with Crippen molar-refractivity contribution in [2.45, 2.75) is 149 Å². The largest absolute Gasteiger partial charge is 0.466 e. The Bertz CT molecular complexity index is 312. The lowest BCUT2D eigenvalue weighted by Crippen LogP contribution is -2.05. The van der Waals surface area contributed by atoms with Crippen LogP contribution in [-0.4, -0.2) is 12.6 Å². The number of hydrogen-bond acceptors (Lipinski definition) is 2. The number of unbranched alkanes of at least 4 members (excludes halogenated alkanes) is 16. The van der Waals surface area contributed by atoms with Crippen molar-refractivity contribution in [2.24, 2.45) is 5.92 Å². The van der Waals surface area contributed by atoms with Crippen molar-refractivity contribution < 1.29 is 9.53 Å². The Kier molecular flexibility index (Phi) is 22.3. The summed E-state index contributed by atoms with van der Waals surface area (Å²) in [6, 6.07) is 0. The maximum absolute atomic E-state index is 11.7. The fraction of sp³-hybridized carbons (Fsp3) is 0.962. The van der Waals surface area contributed by atoms with Crippen molar-refractivity contribution in [1.82, 2.24) is 0 Å². The third-order valence-corrected chi connectivity index (χ3v) is 5.67. The van der Waals surface area contributed by atoms with Gasteiger partial charge >= 0.3 is 5.97 Å². The number of hydrogen-bond donors (Lipinski definition) is 0. The van der Waals surface area contributed by atoms with Crippen molar-refractivity contribution in [2.75, 3.05) is 6.61 Å². The van der Waals surface area contributed by atoms with Crippen molar-refractivity contribution in [1.29, 1.82) is 0 Å². The van der Waals surface area contributed by atoms with Crippen LogP contribution < -0.4 is 0 Å². The molecule has 2 nitrogen and oxygen atoms in total. The third-order valence-electron chi connectivity index (χ3n) is 5.67. The summed E-state index contributed by atoms with van der Waals surface area (Å²) in [5.74, 6) is 0.850. The highest BCUT2D eigenvalue weighted by atomic mass is 16.5. The second-order valence-corrected chi connectivity index (χ2v) is 9.16. The van der Waals surface area contributed by atoms with Crippen LogP contribution in [0, 0.1) is 5.92 Å². The van der Waals surface area contributed by atoms with Gasteiger partial charge in [-0.15, -0.1) is 0 Å². The fourth-order valence-corrected chi connectivity index (χ4v) is 3.73. The molecule has 0 atom stereocenters. The van der Waals surface area contributed by atoms with Gasteiger partial charge in [0.05, 0.1) is 6.61 Å². The monoisotopic (exact) mass is 396 g/mol. The first-order valence-electron chi connectivity index (χ1n) is 12.8. The number of carbonyl (C=O) groups is 1. The normalized spacial score (nSPS) is 11.3. The molecule has 0 rings (SSSR count). The molecule has 0 aromatic rings. The molecule has 0 aliphatic rings. The molecule has 0 unspecified atom stereocenters. The Morgan fingerprint density at radius 3 is 1.54 bits per heavy atom. The molecule has 0 aliphatic heterocycles. The summed E-state index contributed by atoms with van der Waals surface area (Å²) in [7, 11) is 0. The quantitative estimate of drug-likeness (QED) is 0.135. The molecule has 0 spiro atoms. The van der Waals surface area contributed by atoms with Gasteiger partial charge in [0.25, 0.3) is 0 Å². The minimum absolute atomic E-state index is 0.0166. The molecule has 0 aromatic heterocycles. The van der Waals surface area contributed by atoms with E-state index in [0.717, 1.165) is 18.8 Å². The minimum Gasteiger partial charge on any atom is -0.466 e. The van der Waals surface area contributed by atoms with Crippen LogP contribution in [0.2, 0.25) is 0 Å². The van der Waals surface area contributed by atoms with E-state index in [1.54, 1.807) is 0 Å². The topological polar surface area (TPSA) is 26.3 Å². The van der Waals surface area contributed by atoms with E-state index in [1.165, 1.54) is 109 Å². The lowest BCUT2D eigenvalue weighted by Gasteiger charge is -2.06. The lowest BCUT2D eigenvalue weighted by molar-refractivity contribution is -0.143. The van der Waals surface area contributed by atoms with Crippen LogP contribution in [0.5, 0.6) is 0 Å². The third kappa shape index (κ3) is 23.5. The standard InChI is InChI=1S/C26H52O2/c1-4-5-6-7-8-9-10-11-12-15-18-21-24-28-26(27)23-20-17-14-13-16-19-22-25(2)3/h25H,4-24H2,1-3H3. The average molecular weight is 397 g/mol. The van der Waals surface area contributed by atoms with Gasteiger partial charge in [-0.1, -0.05) is 130 Å².